The Kier molecular flexibility index (Phi) is 18.8. The first-order valence-electron chi connectivity index (χ1n) is 13.4. The van der Waals surface area contributed by atoms with Crippen LogP contribution < -0.4 is 0 Å². The minimum absolute atomic E-state index is 0.00343. The van der Waals surface area contributed by atoms with Crippen LogP contribution in [0, 0.1) is 17.3 Å². The SMILES string of the molecule is CC(C)CCCCCCCCCCCC(C)(C)C(=O)OCCCCCCCC(C)C. The van der Waals surface area contributed by atoms with Gasteiger partial charge in [0.1, 0.15) is 0 Å². The quantitative estimate of drug-likeness (QED) is 0.135. The van der Waals surface area contributed by atoms with Crippen molar-refractivity contribution in [2.75, 3.05) is 6.61 Å². The van der Waals surface area contributed by atoms with Crippen molar-refractivity contribution in [2.45, 2.75) is 151 Å². The molecule has 180 valence electrons. The van der Waals surface area contributed by atoms with Crippen LogP contribution in [0.15, 0.2) is 0 Å². The first-order chi connectivity index (χ1) is 14.3. The molecule has 0 saturated carbocycles. The molecule has 0 aromatic heterocycles. The van der Waals surface area contributed by atoms with E-state index in [4.69, 9.17) is 4.74 Å². The van der Waals surface area contributed by atoms with E-state index in [1.807, 2.05) is 0 Å². The van der Waals surface area contributed by atoms with Crippen molar-refractivity contribution in [1.82, 2.24) is 0 Å². The lowest BCUT2D eigenvalue weighted by Crippen LogP contribution is -2.27. The Morgan fingerprint density at radius 2 is 0.967 bits per heavy atom. The van der Waals surface area contributed by atoms with Crippen LogP contribution in [0.3, 0.4) is 0 Å². The molecule has 0 aromatic carbocycles. The summed E-state index contributed by atoms with van der Waals surface area (Å²) >= 11 is 0. The number of rotatable bonds is 21. The molecule has 0 heterocycles. The Balaban J connectivity index is 3.52. The van der Waals surface area contributed by atoms with Crippen LogP contribution in [-0.2, 0) is 9.53 Å². The molecule has 0 aliphatic rings. The maximum atomic E-state index is 12.4. The van der Waals surface area contributed by atoms with E-state index in [1.54, 1.807) is 0 Å². The molecule has 0 amide bonds. The topological polar surface area (TPSA) is 26.3 Å². The van der Waals surface area contributed by atoms with Crippen LogP contribution in [0.2, 0.25) is 0 Å². The Bertz CT molecular complexity index is 384. The second kappa shape index (κ2) is 19.2. The van der Waals surface area contributed by atoms with Crippen LogP contribution >= 0.6 is 0 Å². The monoisotopic (exact) mass is 424 g/mol. The van der Waals surface area contributed by atoms with Gasteiger partial charge in [0, 0.05) is 0 Å². The van der Waals surface area contributed by atoms with Crippen LogP contribution in [0.4, 0.5) is 0 Å². The van der Waals surface area contributed by atoms with Crippen LogP contribution in [0.1, 0.15) is 151 Å². The zero-order valence-corrected chi connectivity index (χ0v) is 21.7. The van der Waals surface area contributed by atoms with Crippen molar-refractivity contribution >= 4 is 5.97 Å². The molecule has 2 heteroatoms. The number of carbonyl (C=O) groups excluding carboxylic acids is 1. The summed E-state index contributed by atoms with van der Waals surface area (Å²) in [5.41, 5.74) is -0.326. The van der Waals surface area contributed by atoms with Gasteiger partial charge in [-0.2, -0.15) is 0 Å². The normalized spacial score (nSPS) is 12.1. The molecule has 0 atom stereocenters. The molecule has 0 unspecified atom stereocenters. The third kappa shape index (κ3) is 19.4. The standard InChI is InChI=1S/C28H56O2/c1-25(2)21-17-13-10-8-7-9-11-15-19-23-28(5,6)27(29)30-24-20-16-12-14-18-22-26(3)4/h25-26H,7-24H2,1-6H3. The van der Waals surface area contributed by atoms with E-state index in [1.165, 1.54) is 89.9 Å². The van der Waals surface area contributed by atoms with E-state index in [0.29, 0.717) is 6.61 Å². The average molecular weight is 425 g/mol. The summed E-state index contributed by atoms with van der Waals surface area (Å²) in [6.45, 7) is 13.9. The first kappa shape index (κ1) is 29.5. The van der Waals surface area contributed by atoms with Gasteiger partial charge < -0.3 is 4.74 Å². The van der Waals surface area contributed by atoms with Crippen LogP contribution in [0.5, 0.6) is 0 Å². The van der Waals surface area contributed by atoms with Gasteiger partial charge in [0.25, 0.3) is 0 Å². The third-order valence-corrected chi connectivity index (χ3v) is 6.29. The molecule has 0 aliphatic carbocycles. The smallest absolute Gasteiger partial charge is 0.311 e. The lowest BCUT2D eigenvalue weighted by molar-refractivity contribution is -0.154. The summed E-state index contributed by atoms with van der Waals surface area (Å²) < 4.78 is 5.57. The second-order valence-electron chi connectivity index (χ2n) is 11.1. The van der Waals surface area contributed by atoms with E-state index in [9.17, 15) is 4.79 Å². The van der Waals surface area contributed by atoms with Gasteiger partial charge in [-0.05, 0) is 38.5 Å². The maximum absolute atomic E-state index is 12.4. The first-order valence-corrected chi connectivity index (χ1v) is 13.4. The van der Waals surface area contributed by atoms with Crippen LogP contribution in [-0.4, -0.2) is 12.6 Å². The Morgan fingerprint density at radius 1 is 0.600 bits per heavy atom. The second-order valence-corrected chi connectivity index (χ2v) is 11.1. The molecule has 30 heavy (non-hydrogen) atoms. The van der Waals surface area contributed by atoms with E-state index in [2.05, 4.69) is 41.5 Å². The van der Waals surface area contributed by atoms with Crippen molar-refractivity contribution in [2.24, 2.45) is 17.3 Å². The van der Waals surface area contributed by atoms with Gasteiger partial charge in [-0.25, -0.2) is 0 Å². The van der Waals surface area contributed by atoms with Gasteiger partial charge in [0.15, 0.2) is 0 Å². The molecule has 0 fully saturated rings. The fourth-order valence-electron chi connectivity index (χ4n) is 4.00. The van der Waals surface area contributed by atoms with Crippen molar-refractivity contribution < 1.29 is 9.53 Å². The van der Waals surface area contributed by atoms with E-state index >= 15 is 0 Å². The molecular formula is C28H56O2. The van der Waals surface area contributed by atoms with Gasteiger partial charge in [0.2, 0.25) is 0 Å². The van der Waals surface area contributed by atoms with Gasteiger partial charge in [-0.3, -0.25) is 4.79 Å². The summed E-state index contributed by atoms with van der Waals surface area (Å²) in [5, 5.41) is 0. The summed E-state index contributed by atoms with van der Waals surface area (Å²) in [6, 6.07) is 0. The van der Waals surface area contributed by atoms with Gasteiger partial charge >= 0.3 is 5.97 Å². The predicted octanol–water partition coefficient (Wildman–Crippen LogP) is 9.50. The third-order valence-electron chi connectivity index (χ3n) is 6.29. The molecule has 0 radical (unpaired) electrons. The fourth-order valence-corrected chi connectivity index (χ4v) is 4.00. The molecule has 0 bridgehead atoms. The number of carbonyl (C=O) groups is 1. The van der Waals surface area contributed by atoms with Crippen LogP contribution in [0.25, 0.3) is 0 Å². The van der Waals surface area contributed by atoms with Gasteiger partial charge in [-0.1, -0.05) is 124 Å². The Labute approximate surface area is 190 Å². The fraction of sp³-hybridized carbons (Fsp3) is 0.964. The predicted molar refractivity (Wildman–Crippen MR) is 133 cm³/mol. The number of unbranched alkanes of at least 4 members (excludes halogenated alkanes) is 12. The van der Waals surface area contributed by atoms with E-state index < -0.39 is 0 Å². The molecule has 0 N–H and O–H groups in total. The Hall–Kier alpha value is -0.530. The lowest BCUT2D eigenvalue weighted by Gasteiger charge is -2.22. The molecule has 0 rings (SSSR count). The summed E-state index contributed by atoms with van der Waals surface area (Å²) in [7, 11) is 0. The Morgan fingerprint density at radius 3 is 1.40 bits per heavy atom. The summed E-state index contributed by atoms with van der Waals surface area (Å²) in [5.74, 6) is 1.68. The number of esters is 1. The van der Waals surface area contributed by atoms with Gasteiger partial charge in [0.05, 0.1) is 12.0 Å². The minimum Gasteiger partial charge on any atom is -0.465 e. The highest BCUT2D eigenvalue weighted by Crippen LogP contribution is 2.26. The molecular weight excluding hydrogens is 368 g/mol. The molecule has 2 nitrogen and oxygen atoms in total. The molecule has 0 saturated heterocycles. The minimum atomic E-state index is -0.326. The average Bonchev–Trinajstić information content (AvgIpc) is 2.67. The highest BCUT2D eigenvalue weighted by molar-refractivity contribution is 5.75. The van der Waals surface area contributed by atoms with Crippen molar-refractivity contribution in [3.05, 3.63) is 0 Å². The summed E-state index contributed by atoms with van der Waals surface area (Å²) in [4.78, 5) is 12.4. The largest absolute Gasteiger partial charge is 0.465 e. The molecule has 0 aliphatic heterocycles. The molecule has 0 aromatic rings. The van der Waals surface area contributed by atoms with E-state index in [-0.39, 0.29) is 11.4 Å². The van der Waals surface area contributed by atoms with Crippen molar-refractivity contribution in [1.29, 1.82) is 0 Å². The number of hydrogen-bond donors (Lipinski definition) is 0. The zero-order valence-electron chi connectivity index (χ0n) is 21.7. The highest BCUT2D eigenvalue weighted by atomic mass is 16.5. The lowest BCUT2D eigenvalue weighted by atomic mass is 9.87. The maximum Gasteiger partial charge on any atom is 0.311 e. The number of ether oxygens (including phenoxy) is 1. The summed E-state index contributed by atoms with van der Waals surface area (Å²) in [6.07, 6.45) is 21.9. The number of hydrogen-bond acceptors (Lipinski definition) is 2. The zero-order chi connectivity index (χ0) is 22.7. The highest BCUT2D eigenvalue weighted by Gasteiger charge is 2.28. The van der Waals surface area contributed by atoms with E-state index in [0.717, 1.165) is 31.1 Å². The van der Waals surface area contributed by atoms with Gasteiger partial charge in [-0.15, -0.1) is 0 Å². The van der Waals surface area contributed by atoms with Crippen molar-refractivity contribution in [3.8, 4) is 0 Å². The molecule has 0 spiro atoms. The van der Waals surface area contributed by atoms with Crippen molar-refractivity contribution in [3.63, 3.8) is 0 Å².